The molecule has 0 atom stereocenters. The number of hydrogen-bond acceptors (Lipinski definition) is 3. The van der Waals surface area contributed by atoms with Crippen LogP contribution in [0.2, 0.25) is 0 Å². The molecular formula is C17H12N2O2. The van der Waals surface area contributed by atoms with Crippen LogP contribution >= 0.6 is 0 Å². The van der Waals surface area contributed by atoms with Gasteiger partial charge in [0, 0.05) is 22.7 Å². The van der Waals surface area contributed by atoms with Crippen molar-refractivity contribution in [2.75, 3.05) is 6.61 Å². The standard InChI is InChI=1S/C17H12N2O2/c18-9-12-4-3-5-13(8-12)21-11-17(20)15-10-19-16-7-2-1-6-14(15)16/h1-8,10,19H,11H2. The molecule has 0 saturated carbocycles. The number of nitrogens with zero attached hydrogens (tertiary/aromatic N) is 1. The molecule has 0 radical (unpaired) electrons. The maximum absolute atomic E-state index is 12.2. The lowest BCUT2D eigenvalue weighted by Gasteiger charge is -2.05. The number of carbonyl (C=O) groups excluding carboxylic acids is 1. The summed E-state index contributed by atoms with van der Waals surface area (Å²) in [7, 11) is 0. The van der Waals surface area contributed by atoms with E-state index < -0.39 is 0 Å². The van der Waals surface area contributed by atoms with Gasteiger partial charge in [-0.05, 0) is 24.3 Å². The second kappa shape index (κ2) is 5.51. The van der Waals surface area contributed by atoms with E-state index in [1.807, 2.05) is 30.3 Å². The fourth-order valence-corrected chi connectivity index (χ4v) is 2.18. The lowest BCUT2D eigenvalue weighted by molar-refractivity contribution is 0.0923. The molecule has 4 heteroatoms. The first-order valence-corrected chi connectivity index (χ1v) is 6.50. The molecule has 1 N–H and O–H groups in total. The van der Waals surface area contributed by atoms with Crippen molar-refractivity contribution < 1.29 is 9.53 Å². The minimum atomic E-state index is -0.102. The number of rotatable bonds is 4. The molecule has 2 aromatic carbocycles. The van der Waals surface area contributed by atoms with Gasteiger partial charge in [0.25, 0.3) is 0 Å². The summed E-state index contributed by atoms with van der Waals surface area (Å²) in [5.74, 6) is 0.414. The predicted octanol–water partition coefficient (Wildman–Crippen LogP) is 3.30. The average molecular weight is 276 g/mol. The fourth-order valence-electron chi connectivity index (χ4n) is 2.18. The third kappa shape index (κ3) is 2.63. The van der Waals surface area contributed by atoms with Gasteiger partial charge in [0.15, 0.2) is 6.61 Å². The van der Waals surface area contributed by atoms with E-state index in [1.54, 1.807) is 30.5 Å². The van der Waals surface area contributed by atoms with E-state index >= 15 is 0 Å². The Hall–Kier alpha value is -3.06. The minimum Gasteiger partial charge on any atom is -0.485 e. The van der Waals surface area contributed by atoms with Gasteiger partial charge in [-0.2, -0.15) is 5.26 Å². The molecule has 0 saturated heterocycles. The zero-order valence-corrected chi connectivity index (χ0v) is 11.2. The molecule has 0 spiro atoms. The van der Waals surface area contributed by atoms with Gasteiger partial charge >= 0.3 is 0 Å². The predicted molar refractivity (Wildman–Crippen MR) is 79.3 cm³/mol. The third-order valence-electron chi connectivity index (χ3n) is 3.22. The summed E-state index contributed by atoms with van der Waals surface area (Å²) in [5.41, 5.74) is 2.04. The molecule has 4 nitrogen and oxygen atoms in total. The molecule has 102 valence electrons. The number of ether oxygens (including phenoxy) is 1. The summed E-state index contributed by atoms with van der Waals surface area (Å²) in [6.45, 7) is -0.0588. The number of carbonyl (C=O) groups is 1. The van der Waals surface area contributed by atoms with Crippen molar-refractivity contribution in [3.8, 4) is 11.8 Å². The highest BCUT2D eigenvalue weighted by molar-refractivity contribution is 6.08. The largest absolute Gasteiger partial charge is 0.485 e. The van der Waals surface area contributed by atoms with Crippen molar-refractivity contribution >= 4 is 16.7 Å². The van der Waals surface area contributed by atoms with E-state index in [2.05, 4.69) is 4.98 Å². The molecular weight excluding hydrogens is 264 g/mol. The molecule has 0 unspecified atom stereocenters. The van der Waals surface area contributed by atoms with Crippen molar-refractivity contribution in [2.24, 2.45) is 0 Å². The molecule has 3 aromatic rings. The topological polar surface area (TPSA) is 65.9 Å². The molecule has 1 aromatic heterocycles. The van der Waals surface area contributed by atoms with Gasteiger partial charge in [0.2, 0.25) is 5.78 Å². The lowest BCUT2D eigenvalue weighted by Crippen LogP contribution is -2.11. The van der Waals surface area contributed by atoms with Crippen LogP contribution in [0.5, 0.6) is 5.75 Å². The molecule has 0 fully saturated rings. The Bertz CT molecular complexity index is 843. The smallest absolute Gasteiger partial charge is 0.202 e. The van der Waals surface area contributed by atoms with Gasteiger partial charge in [-0.1, -0.05) is 24.3 Å². The summed E-state index contributed by atoms with van der Waals surface area (Å²) in [6.07, 6.45) is 1.70. The number of benzene rings is 2. The first kappa shape index (κ1) is 12.9. The summed E-state index contributed by atoms with van der Waals surface area (Å²) in [5, 5.41) is 9.72. The van der Waals surface area contributed by atoms with Crippen LogP contribution in [0.25, 0.3) is 10.9 Å². The maximum atomic E-state index is 12.2. The van der Waals surface area contributed by atoms with Gasteiger partial charge in [-0.3, -0.25) is 4.79 Å². The number of para-hydroxylation sites is 1. The highest BCUT2D eigenvalue weighted by Gasteiger charge is 2.12. The van der Waals surface area contributed by atoms with Gasteiger partial charge in [-0.25, -0.2) is 0 Å². The molecule has 3 rings (SSSR count). The average Bonchev–Trinajstić information content (AvgIpc) is 2.97. The Morgan fingerprint density at radius 1 is 1.19 bits per heavy atom. The van der Waals surface area contributed by atoms with Crippen LogP contribution in [0.15, 0.2) is 54.7 Å². The van der Waals surface area contributed by atoms with Crippen molar-refractivity contribution in [3.63, 3.8) is 0 Å². The molecule has 1 heterocycles. The Balaban J connectivity index is 1.76. The number of hydrogen-bond donors (Lipinski definition) is 1. The Labute approximate surface area is 121 Å². The summed E-state index contributed by atoms with van der Waals surface area (Å²) in [6, 6.07) is 16.4. The highest BCUT2D eigenvalue weighted by Crippen LogP contribution is 2.19. The minimum absolute atomic E-state index is 0.0588. The van der Waals surface area contributed by atoms with E-state index in [4.69, 9.17) is 10.00 Å². The number of nitrogens with one attached hydrogen (secondary N) is 1. The van der Waals surface area contributed by atoms with Crippen LogP contribution < -0.4 is 4.74 Å². The van der Waals surface area contributed by atoms with Crippen LogP contribution in [0.1, 0.15) is 15.9 Å². The molecule has 0 aliphatic carbocycles. The molecule has 0 bridgehead atoms. The molecule has 21 heavy (non-hydrogen) atoms. The van der Waals surface area contributed by atoms with E-state index in [0.29, 0.717) is 16.9 Å². The van der Waals surface area contributed by atoms with Gasteiger partial charge < -0.3 is 9.72 Å². The number of Topliss-reactive ketones (excluding diaryl/α,β-unsaturated/α-hetero) is 1. The van der Waals surface area contributed by atoms with Crippen LogP contribution in [0.3, 0.4) is 0 Å². The van der Waals surface area contributed by atoms with Crippen LogP contribution in [0, 0.1) is 11.3 Å². The quantitative estimate of drug-likeness (QED) is 0.743. The number of H-pyrrole nitrogens is 1. The van der Waals surface area contributed by atoms with Gasteiger partial charge in [0.05, 0.1) is 11.6 Å². The van der Waals surface area contributed by atoms with E-state index in [-0.39, 0.29) is 12.4 Å². The lowest BCUT2D eigenvalue weighted by atomic mass is 10.1. The van der Waals surface area contributed by atoms with Crippen molar-refractivity contribution in [1.82, 2.24) is 4.98 Å². The van der Waals surface area contributed by atoms with Gasteiger partial charge in [-0.15, -0.1) is 0 Å². The fraction of sp³-hybridized carbons (Fsp3) is 0.0588. The maximum Gasteiger partial charge on any atom is 0.202 e. The third-order valence-corrected chi connectivity index (χ3v) is 3.22. The van der Waals surface area contributed by atoms with E-state index in [9.17, 15) is 4.79 Å². The van der Waals surface area contributed by atoms with Crippen LogP contribution in [-0.4, -0.2) is 17.4 Å². The van der Waals surface area contributed by atoms with Crippen molar-refractivity contribution in [2.45, 2.75) is 0 Å². The second-order valence-corrected chi connectivity index (χ2v) is 4.60. The number of nitriles is 1. The van der Waals surface area contributed by atoms with Gasteiger partial charge in [0.1, 0.15) is 5.75 Å². The highest BCUT2D eigenvalue weighted by atomic mass is 16.5. The Morgan fingerprint density at radius 3 is 2.90 bits per heavy atom. The SMILES string of the molecule is N#Cc1cccc(OCC(=O)c2c[nH]c3ccccc23)c1. The first-order valence-electron chi connectivity index (χ1n) is 6.50. The molecule has 0 amide bonds. The normalized spacial score (nSPS) is 10.2. The Morgan fingerprint density at radius 2 is 2.05 bits per heavy atom. The molecule has 0 aliphatic rings. The Kier molecular flexibility index (Phi) is 3.40. The number of fused-ring (bicyclic) bond motifs is 1. The summed E-state index contributed by atoms with van der Waals surface area (Å²) in [4.78, 5) is 15.3. The van der Waals surface area contributed by atoms with Crippen molar-refractivity contribution in [1.29, 1.82) is 5.26 Å². The molecule has 0 aliphatic heterocycles. The number of aromatic amines is 1. The zero-order chi connectivity index (χ0) is 14.7. The first-order chi connectivity index (χ1) is 10.3. The van der Waals surface area contributed by atoms with E-state index in [0.717, 1.165) is 10.9 Å². The van der Waals surface area contributed by atoms with Crippen LogP contribution in [-0.2, 0) is 0 Å². The number of aromatic nitrogens is 1. The summed E-state index contributed by atoms with van der Waals surface area (Å²) < 4.78 is 5.47. The second-order valence-electron chi connectivity index (χ2n) is 4.60. The monoisotopic (exact) mass is 276 g/mol. The van der Waals surface area contributed by atoms with Crippen molar-refractivity contribution in [3.05, 3.63) is 65.9 Å². The zero-order valence-electron chi connectivity index (χ0n) is 11.2. The summed E-state index contributed by atoms with van der Waals surface area (Å²) >= 11 is 0. The van der Waals surface area contributed by atoms with E-state index in [1.165, 1.54) is 0 Å². The number of ketones is 1. The van der Waals surface area contributed by atoms with Crippen LogP contribution in [0.4, 0.5) is 0 Å².